The van der Waals surface area contributed by atoms with Gasteiger partial charge >= 0.3 is 0 Å². The summed E-state index contributed by atoms with van der Waals surface area (Å²) in [7, 11) is 1.83. The van der Waals surface area contributed by atoms with Gasteiger partial charge in [-0.05, 0) is 37.0 Å². The lowest BCUT2D eigenvalue weighted by atomic mass is 10.1. The molecule has 3 nitrogen and oxygen atoms in total. The highest BCUT2D eigenvalue weighted by atomic mass is 32.2. The summed E-state index contributed by atoms with van der Waals surface area (Å²) in [6, 6.07) is 4.22. The van der Waals surface area contributed by atoms with Gasteiger partial charge in [0.1, 0.15) is 0 Å². The first-order valence-corrected chi connectivity index (χ1v) is 8.19. The lowest BCUT2D eigenvalue weighted by Gasteiger charge is -2.24. The Bertz CT molecular complexity index is 381. The zero-order valence-electron chi connectivity index (χ0n) is 11.0. The number of rotatable bonds is 4. The minimum atomic E-state index is 0.376. The van der Waals surface area contributed by atoms with Gasteiger partial charge in [-0.15, -0.1) is 11.3 Å². The van der Waals surface area contributed by atoms with Crippen LogP contribution in [0, 0.1) is 0 Å². The predicted octanol–water partition coefficient (Wildman–Crippen LogP) is 2.70. The Balaban J connectivity index is 1.75. The number of nitrogens with one attached hydrogen (secondary N) is 2. The molecule has 1 aromatic rings. The van der Waals surface area contributed by atoms with E-state index in [4.69, 9.17) is 0 Å². The average molecular weight is 283 g/mol. The molecule has 2 rings (SSSR count). The van der Waals surface area contributed by atoms with Crippen molar-refractivity contribution in [2.24, 2.45) is 4.99 Å². The first kappa shape index (κ1) is 13.7. The van der Waals surface area contributed by atoms with Crippen molar-refractivity contribution in [1.82, 2.24) is 10.6 Å². The smallest absolute Gasteiger partial charge is 0.191 e. The van der Waals surface area contributed by atoms with Gasteiger partial charge < -0.3 is 10.6 Å². The summed E-state index contributed by atoms with van der Waals surface area (Å²) in [6.07, 6.45) is 2.64. The van der Waals surface area contributed by atoms with E-state index in [2.05, 4.69) is 51.8 Å². The fraction of sp³-hybridized carbons (Fsp3) is 0.615. The van der Waals surface area contributed by atoms with Crippen molar-refractivity contribution in [3.8, 4) is 0 Å². The van der Waals surface area contributed by atoms with Crippen LogP contribution in [0.1, 0.15) is 24.6 Å². The van der Waals surface area contributed by atoms with Crippen LogP contribution >= 0.6 is 23.1 Å². The topological polar surface area (TPSA) is 36.4 Å². The van der Waals surface area contributed by atoms with Crippen molar-refractivity contribution in [2.75, 3.05) is 19.3 Å². The Hall–Kier alpha value is -0.680. The third kappa shape index (κ3) is 3.92. The second-order valence-corrected chi connectivity index (χ2v) is 7.48. The number of aliphatic imine (C=N–C) groups is 1. The van der Waals surface area contributed by atoms with Gasteiger partial charge in [0, 0.05) is 23.2 Å². The quantitative estimate of drug-likeness (QED) is 0.659. The minimum absolute atomic E-state index is 0.376. The maximum Gasteiger partial charge on any atom is 0.191 e. The summed E-state index contributed by atoms with van der Waals surface area (Å²) >= 11 is 3.84. The molecule has 1 fully saturated rings. The van der Waals surface area contributed by atoms with Crippen molar-refractivity contribution in [2.45, 2.75) is 31.1 Å². The Morgan fingerprint density at radius 3 is 3.00 bits per heavy atom. The maximum atomic E-state index is 4.27. The maximum absolute atomic E-state index is 4.27. The van der Waals surface area contributed by atoms with Crippen molar-refractivity contribution < 1.29 is 0 Å². The van der Waals surface area contributed by atoms with Crippen LogP contribution in [0.15, 0.2) is 22.5 Å². The molecule has 0 radical (unpaired) electrons. The Kier molecular flexibility index (Phi) is 4.95. The molecule has 0 saturated carbocycles. The number of thiophene rings is 1. The van der Waals surface area contributed by atoms with E-state index < -0.39 is 0 Å². The van der Waals surface area contributed by atoms with Gasteiger partial charge in [-0.25, -0.2) is 0 Å². The largest absolute Gasteiger partial charge is 0.355 e. The highest BCUT2D eigenvalue weighted by molar-refractivity contribution is 8.00. The molecule has 0 aliphatic carbocycles. The van der Waals surface area contributed by atoms with E-state index in [0.717, 1.165) is 19.0 Å². The van der Waals surface area contributed by atoms with Crippen LogP contribution in [0.25, 0.3) is 0 Å². The van der Waals surface area contributed by atoms with E-state index in [1.54, 1.807) is 11.3 Å². The zero-order chi connectivity index (χ0) is 12.8. The summed E-state index contributed by atoms with van der Waals surface area (Å²) in [5.41, 5.74) is 0. The molecule has 18 heavy (non-hydrogen) atoms. The number of nitrogens with zero attached hydrogens (tertiary/aromatic N) is 1. The van der Waals surface area contributed by atoms with E-state index in [-0.39, 0.29) is 0 Å². The molecule has 1 unspecified atom stereocenters. The molecule has 0 amide bonds. The predicted molar refractivity (Wildman–Crippen MR) is 82.6 cm³/mol. The molecular weight excluding hydrogens is 262 g/mol. The zero-order valence-corrected chi connectivity index (χ0v) is 12.7. The molecule has 1 aliphatic rings. The molecule has 2 N–H and O–H groups in total. The second kappa shape index (κ2) is 6.48. The number of hydrogen-bond donors (Lipinski definition) is 2. The average Bonchev–Trinajstić information content (AvgIpc) is 3.01. The minimum Gasteiger partial charge on any atom is -0.355 e. The molecule has 1 aliphatic heterocycles. The normalized spacial score (nSPS) is 24.2. The lowest BCUT2D eigenvalue weighted by molar-refractivity contribution is 0.585. The van der Waals surface area contributed by atoms with Crippen LogP contribution in [0.3, 0.4) is 0 Å². The van der Waals surface area contributed by atoms with Crippen molar-refractivity contribution in [3.05, 3.63) is 22.4 Å². The van der Waals surface area contributed by atoms with Crippen molar-refractivity contribution in [3.63, 3.8) is 0 Å². The van der Waals surface area contributed by atoms with Gasteiger partial charge in [0.2, 0.25) is 0 Å². The van der Waals surface area contributed by atoms with Gasteiger partial charge in [-0.2, -0.15) is 11.8 Å². The summed E-state index contributed by atoms with van der Waals surface area (Å²) in [6.45, 7) is 4.17. The van der Waals surface area contributed by atoms with Crippen molar-refractivity contribution >= 4 is 29.1 Å². The molecule has 2 heterocycles. The molecule has 5 heteroatoms. The van der Waals surface area contributed by atoms with Crippen LogP contribution < -0.4 is 10.6 Å². The fourth-order valence-corrected chi connectivity index (χ4v) is 3.94. The Labute approximate surface area is 117 Å². The molecule has 1 aromatic heterocycles. The Morgan fingerprint density at radius 1 is 1.50 bits per heavy atom. The lowest BCUT2D eigenvalue weighted by Crippen LogP contribution is -2.43. The summed E-state index contributed by atoms with van der Waals surface area (Å²) in [4.78, 5) is 5.60. The number of guanidine groups is 1. The molecule has 1 atom stereocenters. The first-order chi connectivity index (χ1) is 8.72. The van der Waals surface area contributed by atoms with E-state index in [1.165, 1.54) is 23.5 Å². The van der Waals surface area contributed by atoms with E-state index >= 15 is 0 Å². The third-order valence-electron chi connectivity index (χ3n) is 3.16. The van der Waals surface area contributed by atoms with E-state index in [0.29, 0.717) is 4.75 Å². The van der Waals surface area contributed by atoms with Crippen LogP contribution in [0.5, 0.6) is 0 Å². The molecule has 1 saturated heterocycles. The number of thioether (sulfide) groups is 1. The third-order valence-corrected chi connectivity index (χ3v) is 5.58. The summed E-state index contributed by atoms with van der Waals surface area (Å²) in [5, 5.41) is 8.89. The summed E-state index contributed by atoms with van der Waals surface area (Å²) in [5.74, 6) is 2.19. The van der Waals surface area contributed by atoms with Crippen LogP contribution in [-0.2, 0) is 6.54 Å². The SMILES string of the molecule is CN=C(NCc1cccs1)NCC1(C)CCCS1. The molecule has 100 valence electrons. The molecular formula is C13H21N3S2. The fourth-order valence-electron chi connectivity index (χ4n) is 2.05. The van der Waals surface area contributed by atoms with Gasteiger partial charge in [0.05, 0.1) is 6.54 Å². The summed E-state index contributed by atoms with van der Waals surface area (Å²) < 4.78 is 0.376. The van der Waals surface area contributed by atoms with Crippen LogP contribution in [0.2, 0.25) is 0 Å². The van der Waals surface area contributed by atoms with Crippen LogP contribution in [0.4, 0.5) is 0 Å². The first-order valence-electron chi connectivity index (χ1n) is 6.33. The molecule has 0 aromatic carbocycles. The molecule has 0 spiro atoms. The highest BCUT2D eigenvalue weighted by Crippen LogP contribution is 2.36. The standard InChI is InChI=1S/C13H21N3S2/c1-13(6-4-8-18-13)10-16-12(14-2)15-9-11-5-3-7-17-11/h3,5,7H,4,6,8-10H2,1-2H3,(H2,14,15,16). The van der Waals surface area contributed by atoms with Gasteiger partial charge in [0.15, 0.2) is 5.96 Å². The number of hydrogen-bond acceptors (Lipinski definition) is 3. The van der Waals surface area contributed by atoms with E-state index in [9.17, 15) is 0 Å². The Morgan fingerprint density at radius 2 is 2.39 bits per heavy atom. The monoisotopic (exact) mass is 283 g/mol. The van der Waals surface area contributed by atoms with E-state index in [1.807, 2.05) is 7.05 Å². The van der Waals surface area contributed by atoms with Crippen LogP contribution in [-0.4, -0.2) is 30.1 Å². The van der Waals surface area contributed by atoms with Gasteiger partial charge in [-0.3, -0.25) is 4.99 Å². The highest BCUT2D eigenvalue weighted by Gasteiger charge is 2.29. The van der Waals surface area contributed by atoms with Gasteiger partial charge in [0.25, 0.3) is 0 Å². The second-order valence-electron chi connectivity index (χ2n) is 4.76. The van der Waals surface area contributed by atoms with Crippen molar-refractivity contribution in [1.29, 1.82) is 0 Å². The molecule has 0 bridgehead atoms. The van der Waals surface area contributed by atoms with Gasteiger partial charge in [-0.1, -0.05) is 6.07 Å².